The smallest absolute Gasteiger partial charge is 0.387 e. The molecule has 2 amide bonds. The van der Waals surface area contributed by atoms with Gasteiger partial charge in [-0.25, -0.2) is 4.79 Å². The van der Waals surface area contributed by atoms with E-state index in [0.717, 1.165) is 0 Å². The topological polar surface area (TPSA) is 103 Å². The summed E-state index contributed by atoms with van der Waals surface area (Å²) in [5.41, 5.74) is 0.413. The van der Waals surface area contributed by atoms with Crippen molar-refractivity contribution in [3.05, 3.63) is 48.0 Å². The van der Waals surface area contributed by atoms with Gasteiger partial charge in [-0.15, -0.1) is 0 Å². The molecule has 0 spiro atoms. The summed E-state index contributed by atoms with van der Waals surface area (Å²) in [5.74, 6) is -2.06. The van der Waals surface area contributed by atoms with E-state index in [1.165, 1.54) is 50.4 Å². The molecule has 0 saturated heterocycles. The zero-order valence-electron chi connectivity index (χ0n) is 15.5. The van der Waals surface area contributed by atoms with Crippen molar-refractivity contribution in [2.75, 3.05) is 24.4 Å². The quantitative estimate of drug-likeness (QED) is 0.651. The van der Waals surface area contributed by atoms with Crippen LogP contribution in [0.3, 0.4) is 0 Å². The minimum atomic E-state index is -3.12. The van der Waals surface area contributed by atoms with E-state index >= 15 is 0 Å². The van der Waals surface area contributed by atoms with Crippen molar-refractivity contribution < 1.29 is 37.4 Å². The minimum absolute atomic E-state index is 0.237. The molecule has 0 radical (unpaired) electrons. The Bertz CT molecular complexity index is 904. The third kappa shape index (κ3) is 6.45. The average molecular weight is 408 g/mol. The van der Waals surface area contributed by atoms with Crippen molar-refractivity contribution in [3.8, 4) is 11.5 Å². The maximum Gasteiger partial charge on any atom is 0.387 e. The number of carbonyl (C=O) groups excluding carboxylic acids is 3. The lowest BCUT2D eigenvalue weighted by Gasteiger charge is -2.13. The number of anilines is 2. The summed E-state index contributed by atoms with van der Waals surface area (Å²) in [4.78, 5) is 35.4. The third-order valence-corrected chi connectivity index (χ3v) is 3.45. The third-order valence-electron chi connectivity index (χ3n) is 3.45. The second kappa shape index (κ2) is 10.0. The molecule has 0 aliphatic rings. The van der Waals surface area contributed by atoms with Crippen molar-refractivity contribution in [2.24, 2.45) is 0 Å². The second-order valence-electron chi connectivity index (χ2n) is 5.60. The molecule has 2 rings (SSSR count). The zero-order chi connectivity index (χ0) is 21.4. The highest BCUT2D eigenvalue weighted by Gasteiger charge is 2.18. The van der Waals surface area contributed by atoms with Crippen molar-refractivity contribution in [2.45, 2.75) is 13.5 Å². The van der Waals surface area contributed by atoms with Crippen LogP contribution in [0.1, 0.15) is 17.3 Å². The van der Waals surface area contributed by atoms with Crippen molar-refractivity contribution in [3.63, 3.8) is 0 Å². The summed E-state index contributed by atoms with van der Waals surface area (Å²) < 4.78 is 39.1. The maximum atomic E-state index is 12.4. The summed E-state index contributed by atoms with van der Waals surface area (Å²) >= 11 is 0. The van der Waals surface area contributed by atoms with Gasteiger partial charge < -0.3 is 24.8 Å². The van der Waals surface area contributed by atoms with Gasteiger partial charge in [0.05, 0.1) is 12.8 Å². The fourth-order valence-electron chi connectivity index (χ4n) is 2.32. The number of amides is 2. The van der Waals surface area contributed by atoms with E-state index < -0.39 is 25.1 Å². The lowest BCUT2D eigenvalue weighted by atomic mass is 10.2. The summed E-state index contributed by atoms with van der Waals surface area (Å²) in [5, 5.41) is 5.04. The molecule has 2 aromatic carbocycles. The molecule has 0 bridgehead atoms. The number of esters is 1. The van der Waals surface area contributed by atoms with Crippen LogP contribution < -0.4 is 20.1 Å². The molecule has 0 aliphatic heterocycles. The number of hydrogen-bond donors (Lipinski definition) is 2. The highest BCUT2D eigenvalue weighted by molar-refractivity contribution is 5.98. The van der Waals surface area contributed by atoms with Gasteiger partial charge in [0.2, 0.25) is 5.91 Å². The normalized spacial score (nSPS) is 10.2. The lowest BCUT2D eigenvalue weighted by molar-refractivity contribution is -0.119. The predicted octanol–water partition coefficient (Wildman–Crippen LogP) is 3.05. The molecule has 154 valence electrons. The number of halogens is 2. The van der Waals surface area contributed by atoms with Gasteiger partial charge in [0.1, 0.15) is 17.1 Å². The molecule has 2 N–H and O–H groups in total. The number of benzene rings is 2. The van der Waals surface area contributed by atoms with Gasteiger partial charge in [0.25, 0.3) is 5.91 Å². The molecule has 0 heterocycles. The Kier molecular flexibility index (Phi) is 7.47. The Labute approximate surface area is 164 Å². The maximum absolute atomic E-state index is 12.4. The number of methoxy groups -OCH3 is 1. The van der Waals surface area contributed by atoms with Crippen molar-refractivity contribution >= 4 is 29.2 Å². The van der Waals surface area contributed by atoms with E-state index in [1.54, 1.807) is 6.07 Å². The van der Waals surface area contributed by atoms with Gasteiger partial charge in [0.15, 0.2) is 6.61 Å². The van der Waals surface area contributed by atoms with E-state index in [4.69, 9.17) is 9.47 Å². The first-order chi connectivity index (χ1) is 13.8. The van der Waals surface area contributed by atoms with Gasteiger partial charge in [0, 0.05) is 12.6 Å². The van der Waals surface area contributed by atoms with Crippen LogP contribution in [0, 0.1) is 0 Å². The largest absolute Gasteiger partial charge is 0.495 e. The molecule has 0 aromatic heterocycles. The van der Waals surface area contributed by atoms with Crippen molar-refractivity contribution in [1.29, 1.82) is 0 Å². The van der Waals surface area contributed by atoms with Crippen LogP contribution in [0.2, 0.25) is 0 Å². The molecule has 10 heteroatoms. The molecular weight excluding hydrogens is 390 g/mol. The second-order valence-corrected chi connectivity index (χ2v) is 5.60. The molecule has 0 saturated carbocycles. The van der Waals surface area contributed by atoms with Crippen LogP contribution in [0.15, 0.2) is 42.5 Å². The number of alkyl halides is 2. The van der Waals surface area contributed by atoms with Crippen LogP contribution >= 0.6 is 0 Å². The van der Waals surface area contributed by atoms with Crippen LogP contribution in [0.25, 0.3) is 0 Å². The molecule has 0 atom stereocenters. The summed E-state index contributed by atoms with van der Waals surface area (Å²) in [7, 11) is 1.39. The Morgan fingerprint density at radius 1 is 1.03 bits per heavy atom. The molecule has 0 unspecified atom stereocenters. The van der Waals surface area contributed by atoms with Gasteiger partial charge in [-0.3, -0.25) is 9.59 Å². The summed E-state index contributed by atoms with van der Waals surface area (Å²) in [6, 6.07) is 9.84. The van der Waals surface area contributed by atoms with Gasteiger partial charge in [-0.1, -0.05) is 12.1 Å². The van der Waals surface area contributed by atoms with Crippen LogP contribution in [-0.4, -0.2) is 38.1 Å². The SMILES string of the molecule is COc1ccc(NC(C)=O)cc1NC(=O)COC(=O)c1ccccc1OC(F)F. The van der Waals surface area contributed by atoms with Crippen LogP contribution in [0.5, 0.6) is 11.5 Å². The number of carbonyl (C=O) groups is 3. The predicted molar refractivity (Wildman–Crippen MR) is 99.3 cm³/mol. The summed E-state index contributed by atoms with van der Waals surface area (Å²) in [6.07, 6.45) is 0. The highest BCUT2D eigenvalue weighted by atomic mass is 19.3. The van der Waals surface area contributed by atoms with Gasteiger partial charge in [-0.05, 0) is 30.3 Å². The first kappa shape index (κ1) is 21.6. The average Bonchev–Trinajstić information content (AvgIpc) is 2.66. The Morgan fingerprint density at radius 3 is 2.41 bits per heavy atom. The number of nitrogens with one attached hydrogen (secondary N) is 2. The number of para-hydroxylation sites is 1. The molecule has 0 fully saturated rings. The first-order valence-corrected chi connectivity index (χ1v) is 8.26. The van der Waals surface area contributed by atoms with Gasteiger partial charge in [-0.2, -0.15) is 8.78 Å². The Hall–Kier alpha value is -3.69. The highest BCUT2D eigenvalue weighted by Crippen LogP contribution is 2.28. The minimum Gasteiger partial charge on any atom is -0.495 e. The lowest BCUT2D eigenvalue weighted by Crippen LogP contribution is -2.22. The zero-order valence-corrected chi connectivity index (χ0v) is 15.5. The Balaban J connectivity index is 2.03. The molecule has 29 heavy (non-hydrogen) atoms. The number of ether oxygens (including phenoxy) is 3. The Morgan fingerprint density at radius 2 is 1.76 bits per heavy atom. The monoisotopic (exact) mass is 408 g/mol. The van der Waals surface area contributed by atoms with E-state index in [-0.39, 0.29) is 22.9 Å². The van der Waals surface area contributed by atoms with Crippen molar-refractivity contribution in [1.82, 2.24) is 0 Å². The van der Waals surface area contributed by atoms with E-state index in [2.05, 4.69) is 15.4 Å². The van der Waals surface area contributed by atoms with Crippen LogP contribution in [0.4, 0.5) is 20.2 Å². The standard InChI is InChI=1S/C19H18F2N2O6/c1-11(24)22-12-7-8-16(27-2)14(9-12)23-17(25)10-28-18(26)13-5-3-4-6-15(13)29-19(20)21/h3-9,19H,10H2,1-2H3,(H,22,24)(H,23,25). The molecule has 0 aliphatic carbocycles. The molecule has 2 aromatic rings. The number of rotatable bonds is 8. The van der Waals surface area contributed by atoms with E-state index in [0.29, 0.717) is 11.4 Å². The fourth-order valence-corrected chi connectivity index (χ4v) is 2.32. The van der Waals surface area contributed by atoms with Crippen LogP contribution in [-0.2, 0) is 14.3 Å². The first-order valence-electron chi connectivity index (χ1n) is 8.26. The van der Waals surface area contributed by atoms with E-state index in [9.17, 15) is 23.2 Å². The van der Waals surface area contributed by atoms with E-state index in [1.807, 2.05) is 0 Å². The van der Waals surface area contributed by atoms with Gasteiger partial charge >= 0.3 is 12.6 Å². The molecular formula is C19H18F2N2O6. The fraction of sp³-hybridized carbons (Fsp3) is 0.211. The number of hydrogen-bond acceptors (Lipinski definition) is 6. The summed E-state index contributed by atoms with van der Waals surface area (Å²) in [6.45, 7) is -2.47. The molecule has 8 nitrogen and oxygen atoms in total.